The maximum absolute atomic E-state index is 6.31. The highest BCUT2D eigenvalue weighted by atomic mass is 36.0. The monoisotopic (exact) mass is 625 g/mol. The average Bonchev–Trinajstić information content (AvgIpc) is 2.67. The van der Waals surface area contributed by atoms with Crippen molar-refractivity contribution in [3.05, 3.63) is 72.0 Å². The van der Waals surface area contributed by atoms with Gasteiger partial charge in [-0.1, -0.05) is 66.7 Å². The van der Waals surface area contributed by atoms with Crippen molar-refractivity contribution < 1.29 is 0 Å². The van der Waals surface area contributed by atoms with Gasteiger partial charge >= 0.3 is 6.00 Å². The van der Waals surface area contributed by atoms with E-state index in [0.717, 1.165) is 22.0 Å². The molecule has 0 N–H and O–H groups in total. The van der Waals surface area contributed by atoms with E-state index in [2.05, 4.69) is 4.90 Å². The van der Waals surface area contributed by atoms with E-state index in [0.29, 0.717) is 5.19 Å². The zero-order valence-corrected chi connectivity index (χ0v) is 24.7. The summed E-state index contributed by atoms with van der Waals surface area (Å²) in [6, 6.07) is 16.2. The molecular formula is C19H15Cl8NSSi2. The average molecular weight is 629 g/mol. The lowest BCUT2D eigenvalue weighted by atomic mass is 10.2. The van der Waals surface area contributed by atoms with Crippen LogP contribution in [0.4, 0.5) is 17.1 Å². The second-order valence-corrected chi connectivity index (χ2v) is 26.7. The molecule has 0 atom stereocenters. The first-order valence-corrected chi connectivity index (χ1v) is 20.2. The van der Waals surface area contributed by atoms with Crippen LogP contribution in [0, 0.1) is 0 Å². The second kappa shape index (κ2) is 10.1. The van der Waals surface area contributed by atoms with Gasteiger partial charge in [0.25, 0.3) is 0 Å². The van der Waals surface area contributed by atoms with Crippen LogP contribution in [-0.2, 0) is 3.42 Å². The Hall–Kier alpha value is 0.694. The van der Waals surface area contributed by atoms with E-state index in [9.17, 15) is 0 Å². The highest BCUT2D eigenvalue weighted by Gasteiger charge is 2.28. The van der Waals surface area contributed by atoms with Crippen molar-refractivity contribution in [3.8, 4) is 0 Å². The quantitative estimate of drug-likeness (QED) is 0.155. The lowest BCUT2D eigenvalue weighted by molar-refractivity contribution is 1.27. The highest BCUT2D eigenvalue weighted by Crippen LogP contribution is 2.62. The summed E-state index contributed by atoms with van der Waals surface area (Å²) >= 11 is 36.7. The smallest absolute Gasteiger partial charge is 0.311 e. The number of rotatable bonds is 5. The van der Waals surface area contributed by atoms with Gasteiger partial charge in [-0.2, -0.15) is 0 Å². The van der Waals surface area contributed by atoms with Gasteiger partial charge in [0.1, 0.15) is 8.40 Å². The lowest BCUT2D eigenvalue weighted by Crippen LogP contribution is -2.29. The number of hydrogen-bond acceptors (Lipinski definition) is 1. The van der Waals surface area contributed by atoms with Crippen molar-refractivity contribution in [1.29, 1.82) is 0 Å². The Morgan fingerprint density at radius 1 is 0.742 bits per heavy atom. The summed E-state index contributed by atoms with van der Waals surface area (Å²) in [5, 5.41) is 0.710. The maximum atomic E-state index is 6.31. The Bertz CT molecular complexity index is 891. The first-order chi connectivity index (χ1) is 14.3. The van der Waals surface area contributed by atoms with E-state index in [1.807, 2.05) is 78.3 Å². The molecule has 0 aliphatic rings. The zero-order valence-electron chi connectivity index (χ0n) is 15.8. The number of hydrogen-bond donors (Lipinski definition) is 0. The van der Waals surface area contributed by atoms with E-state index in [4.69, 9.17) is 89.4 Å². The molecule has 0 spiro atoms. The van der Waals surface area contributed by atoms with Gasteiger partial charge in [0.2, 0.25) is 0 Å². The largest absolute Gasteiger partial charge is 0.372 e. The molecule has 0 aliphatic carbocycles. The molecule has 3 aromatic rings. The molecule has 0 radical (unpaired) electrons. The summed E-state index contributed by atoms with van der Waals surface area (Å²) in [5.41, 5.74) is 6.61. The van der Waals surface area contributed by atoms with E-state index in [-0.39, 0.29) is 0 Å². The van der Waals surface area contributed by atoms with Crippen molar-refractivity contribution in [2.45, 2.75) is 8.31 Å². The first kappa shape index (κ1) is 26.3. The summed E-state index contributed by atoms with van der Waals surface area (Å²) in [6.07, 6.45) is 1.81. The summed E-state index contributed by atoms with van der Waals surface area (Å²) in [4.78, 5) is 2.94. The van der Waals surface area contributed by atoms with Crippen LogP contribution in [0.25, 0.3) is 0 Å². The third-order valence-corrected chi connectivity index (χ3v) is 13.2. The molecule has 0 bridgehead atoms. The predicted octanol–water partition coefficient (Wildman–Crippen LogP) is 9.43. The van der Waals surface area contributed by atoms with Gasteiger partial charge in [-0.25, -0.2) is 0 Å². The number of nitrogens with zero attached hydrogens (tertiary/aromatic N) is 1. The van der Waals surface area contributed by atoms with Gasteiger partial charge in [0.15, 0.2) is 3.42 Å². The maximum Gasteiger partial charge on any atom is 0.372 e. The Morgan fingerprint density at radius 2 is 1.16 bits per heavy atom. The van der Waals surface area contributed by atoms with Crippen molar-refractivity contribution in [3.63, 3.8) is 0 Å². The molecule has 0 fully saturated rings. The molecule has 12 heteroatoms. The molecule has 1 nitrogen and oxygen atoms in total. The molecule has 0 unspecified atom stereocenters. The molecule has 166 valence electrons. The van der Waals surface area contributed by atoms with Crippen LogP contribution in [0.2, 0.25) is 0 Å². The topological polar surface area (TPSA) is 3.24 Å². The van der Waals surface area contributed by atoms with Gasteiger partial charge in [0.05, 0.1) is 0 Å². The molecule has 0 amide bonds. The van der Waals surface area contributed by atoms with Gasteiger partial charge in [0, 0.05) is 22.0 Å². The van der Waals surface area contributed by atoms with Gasteiger partial charge in [-0.15, -0.1) is 33.2 Å². The zero-order chi connectivity index (χ0) is 23.0. The van der Waals surface area contributed by atoms with Crippen molar-refractivity contribution >= 4 is 135 Å². The molecule has 0 saturated carbocycles. The van der Waals surface area contributed by atoms with Crippen LogP contribution in [0.1, 0.15) is 0 Å². The van der Waals surface area contributed by atoms with E-state index >= 15 is 0 Å². The molecule has 31 heavy (non-hydrogen) atoms. The minimum Gasteiger partial charge on any atom is -0.311 e. The molecule has 1 aromatic heterocycles. The number of benzene rings is 2. The van der Waals surface area contributed by atoms with Crippen LogP contribution in [0.15, 0.2) is 76.9 Å². The van der Waals surface area contributed by atoms with Gasteiger partial charge in [-0.05, 0) is 81.3 Å². The third kappa shape index (κ3) is 6.86. The van der Waals surface area contributed by atoms with E-state index < -0.39 is 26.3 Å². The SMILES string of the molecule is CS(Cl)(Cl)c1ccc(N(c2ccc([Si](Cl)(Cl)Cl)cc2)c2cc[si](C(Cl)(Cl)Cl)cc2)cc1. The summed E-state index contributed by atoms with van der Waals surface area (Å²) in [5.74, 6) is 0. The number of halogens is 8. The molecule has 0 saturated heterocycles. The minimum absolute atomic E-state index is 0.710. The molecule has 2 aromatic carbocycles. The van der Waals surface area contributed by atoms with Crippen LogP contribution in [-0.4, -0.2) is 20.7 Å². The van der Waals surface area contributed by atoms with Crippen LogP contribution >= 0.6 is 97.9 Å². The van der Waals surface area contributed by atoms with Crippen LogP contribution in [0.5, 0.6) is 0 Å². The Balaban J connectivity index is 2.08. The van der Waals surface area contributed by atoms with Gasteiger partial charge < -0.3 is 4.90 Å². The standard InChI is InChI=1S/C19H15Cl8NSSi2/c1-29(23,24)17-6-2-14(3-7-17)28(15-4-8-18(9-5-15)31(25,26)27)16-10-12-30(13-11-16)19(20,21)22/h2-13H,1H3. The molecule has 1 heterocycles. The number of anilines is 3. The predicted molar refractivity (Wildman–Crippen MR) is 149 cm³/mol. The van der Waals surface area contributed by atoms with Crippen molar-refractivity contribution in [1.82, 2.24) is 0 Å². The van der Waals surface area contributed by atoms with Crippen LogP contribution in [0.3, 0.4) is 0 Å². The first-order valence-electron chi connectivity index (χ1n) is 8.69. The number of alkyl halides is 3. The normalized spacial score (nSPS) is 13.2. The molecular weight excluding hydrogens is 614 g/mol. The summed E-state index contributed by atoms with van der Waals surface area (Å²) in [6.45, 7) is 0. The fraction of sp³-hybridized carbons (Fsp3) is 0.105. The lowest BCUT2D eigenvalue weighted by Gasteiger charge is -2.27. The fourth-order valence-corrected chi connectivity index (χ4v) is 8.11. The molecule has 3 rings (SSSR count). The van der Waals surface area contributed by atoms with E-state index in [1.165, 1.54) is 0 Å². The minimum atomic E-state index is -2.97. The van der Waals surface area contributed by atoms with Crippen LogP contribution < -0.4 is 10.1 Å². The fourth-order valence-electron chi connectivity index (χ4n) is 2.88. The Labute approximate surface area is 224 Å². The van der Waals surface area contributed by atoms with E-state index in [1.54, 1.807) is 0 Å². The summed E-state index contributed by atoms with van der Waals surface area (Å²) < 4.78 is -1.32. The highest BCUT2D eigenvalue weighted by molar-refractivity contribution is 8.65. The van der Waals surface area contributed by atoms with Gasteiger partial charge in [-0.3, -0.25) is 0 Å². The van der Waals surface area contributed by atoms with Crippen molar-refractivity contribution in [2.75, 3.05) is 11.2 Å². The second-order valence-electron chi connectivity index (χ2n) is 6.64. The van der Waals surface area contributed by atoms with Crippen molar-refractivity contribution in [2.24, 2.45) is 0 Å². The molecule has 0 aliphatic heterocycles. The summed E-state index contributed by atoms with van der Waals surface area (Å²) in [7, 11) is 9.33. The Kier molecular flexibility index (Phi) is 8.59. The Morgan fingerprint density at radius 3 is 1.55 bits per heavy atom. The third-order valence-electron chi connectivity index (χ3n) is 4.41.